The van der Waals surface area contributed by atoms with Crippen LogP contribution in [0.2, 0.25) is 0 Å². The van der Waals surface area contributed by atoms with E-state index in [2.05, 4.69) is 10.6 Å². The van der Waals surface area contributed by atoms with Crippen LogP contribution in [-0.4, -0.2) is 41.1 Å². The third-order valence-corrected chi connectivity index (χ3v) is 4.33. The molecular weight excluding hydrogens is 288 g/mol. The highest BCUT2D eigenvalue weighted by Crippen LogP contribution is 2.22. The predicted molar refractivity (Wildman–Crippen MR) is 84.5 cm³/mol. The van der Waals surface area contributed by atoms with Gasteiger partial charge in [0.2, 0.25) is 5.91 Å². The van der Waals surface area contributed by atoms with Crippen LogP contribution < -0.4 is 10.6 Å². The number of likely N-dealkylation sites (N-methyl/N-ethyl adjacent to an activating group) is 1. The van der Waals surface area contributed by atoms with E-state index < -0.39 is 22.3 Å². The Bertz CT molecular complexity index is 529. The fourth-order valence-corrected chi connectivity index (χ4v) is 3.39. The van der Waals surface area contributed by atoms with E-state index in [1.54, 1.807) is 30.5 Å². The highest BCUT2D eigenvalue weighted by atomic mass is 32.2. The van der Waals surface area contributed by atoms with Crippen LogP contribution in [0.1, 0.15) is 24.2 Å². The van der Waals surface area contributed by atoms with Crippen molar-refractivity contribution in [3.8, 4) is 0 Å². The summed E-state index contributed by atoms with van der Waals surface area (Å²) in [4.78, 5) is 24.3. The Morgan fingerprint density at radius 3 is 2.29 bits per heavy atom. The molecule has 0 heterocycles. The molecule has 1 aromatic carbocycles. The molecule has 0 saturated heterocycles. The molecule has 0 aromatic heterocycles. The number of rotatable bonds is 6. The van der Waals surface area contributed by atoms with Crippen molar-refractivity contribution in [2.24, 2.45) is 5.41 Å². The second-order valence-corrected chi connectivity index (χ2v) is 7.03. The van der Waals surface area contributed by atoms with Gasteiger partial charge in [0.05, 0.1) is 0 Å². The van der Waals surface area contributed by atoms with Crippen LogP contribution in [0.3, 0.4) is 0 Å². The molecule has 2 atom stereocenters. The minimum Gasteiger partial charge on any atom is -0.357 e. The lowest BCUT2D eigenvalue weighted by Crippen LogP contribution is -2.55. The maximum absolute atomic E-state index is 12.2. The smallest absolute Gasteiger partial charge is 0.251 e. The van der Waals surface area contributed by atoms with Crippen molar-refractivity contribution in [2.45, 2.75) is 19.9 Å². The lowest BCUT2D eigenvalue weighted by atomic mass is 9.85. The number of benzene rings is 1. The van der Waals surface area contributed by atoms with Crippen molar-refractivity contribution in [1.82, 2.24) is 10.6 Å². The molecule has 2 amide bonds. The Morgan fingerprint density at radius 2 is 1.81 bits per heavy atom. The molecule has 1 rings (SSSR count). The van der Waals surface area contributed by atoms with Gasteiger partial charge in [-0.2, -0.15) is 0 Å². The average Bonchev–Trinajstić information content (AvgIpc) is 2.43. The molecule has 0 aliphatic carbocycles. The lowest BCUT2D eigenvalue weighted by molar-refractivity contribution is -0.124. The Labute approximate surface area is 128 Å². The molecule has 1 aromatic rings. The molecule has 21 heavy (non-hydrogen) atoms. The van der Waals surface area contributed by atoms with E-state index in [1.165, 1.54) is 7.05 Å². The highest BCUT2D eigenvalue weighted by Gasteiger charge is 2.37. The molecule has 2 N–H and O–H groups in total. The first kappa shape index (κ1) is 17.4. The highest BCUT2D eigenvalue weighted by molar-refractivity contribution is 7.84. The maximum Gasteiger partial charge on any atom is 0.251 e. The van der Waals surface area contributed by atoms with Crippen LogP contribution >= 0.6 is 0 Å². The lowest BCUT2D eigenvalue weighted by Gasteiger charge is -2.32. The first-order chi connectivity index (χ1) is 9.77. The van der Waals surface area contributed by atoms with E-state index in [1.807, 2.05) is 19.9 Å². The van der Waals surface area contributed by atoms with Crippen LogP contribution in [0.4, 0.5) is 0 Å². The maximum atomic E-state index is 12.2. The minimum absolute atomic E-state index is 0.297. The number of amides is 2. The topological polar surface area (TPSA) is 75.3 Å². The summed E-state index contributed by atoms with van der Waals surface area (Å²) in [5, 5.41) is 5.29. The molecule has 0 saturated carbocycles. The van der Waals surface area contributed by atoms with Gasteiger partial charge in [0.15, 0.2) is 0 Å². The van der Waals surface area contributed by atoms with Gasteiger partial charge in [-0.05, 0) is 12.1 Å². The van der Waals surface area contributed by atoms with Crippen molar-refractivity contribution in [3.05, 3.63) is 35.9 Å². The zero-order valence-corrected chi connectivity index (χ0v) is 13.6. The Morgan fingerprint density at radius 1 is 1.24 bits per heavy atom. The zero-order chi connectivity index (χ0) is 16.0. The van der Waals surface area contributed by atoms with Crippen LogP contribution in [0, 0.1) is 5.41 Å². The zero-order valence-electron chi connectivity index (χ0n) is 12.8. The fraction of sp³-hybridized carbons (Fsp3) is 0.467. The normalized spacial score (nSPS) is 14.1. The fourth-order valence-electron chi connectivity index (χ4n) is 2.17. The molecule has 0 aliphatic rings. The van der Waals surface area contributed by atoms with Crippen molar-refractivity contribution >= 4 is 22.6 Å². The van der Waals surface area contributed by atoms with Gasteiger partial charge in [-0.3, -0.25) is 13.8 Å². The molecule has 0 bridgehead atoms. The summed E-state index contributed by atoms with van der Waals surface area (Å²) < 4.78 is 11.5. The SMILES string of the molecule is CNC(=O)[C@@H](NC(=O)c1ccccc1)C(C)(C)C[S@@](C)=O. The Hall–Kier alpha value is -1.69. The monoisotopic (exact) mass is 310 g/mol. The van der Waals surface area contributed by atoms with Crippen LogP contribution in [0.5, 0.6) is 0 Å². The van der Waals surface area contributed by atoms with Gasteiger partial charge in [-0.25, -0.2) is 0 Å². The van der Waals surface area contributed by atoms with Crippen LogP contribution in [0.25, 0.3) is 0 Å². The Balaban J connectivity index is 2.96. The summed E-state index contributed by atoms with van der Waals surface area (Å²) >= 11 is 0. The quantitative estimate of drug-likeness (QED) is 0.821. The van der Waals surface area contributed by atoms with Crippen LogP contribution in [-0.2, 0) is 15.6 Å². The van der Waals surface area contributed by atoms with E-state index in [0.717, 1.165) is 0 Å². The first-order valence-corrected chi connectivity index (χ1v) is 8.38. The van der Waals surface area contributed by atoms with Gasteiger partial charge in [-0.1, -0.05) is 32.0 Å². The molecular formula is C15H22N2O3S. The van der Waals surface area contributed by atoms with Gasteiger partial charge in [0, 0.05) is 40.8 Å². The molecule has 6 heteroatoms. The van der Waals surface area contributed by atoms with Crippen molar-refractivity contribution in [3.63, 3.8) is 0 Å². The predicted octanol–water partition coefficient (Wildman–Crippen LogP) is 0.936. The first-order valence-electron chi connectivity index (χ1n) is 6.65. The van der Waals surface area contributed by atoms with E-state index in [0.29, 0.717) is 11.3 Å². The number of carbonyl (C=O) groups is 2. The van der Waals surface area contributed by atoms with Crippen molar-refractivity contribution in [2.75, 3.05) is 19.1 Å². The number of carbonyl (C=O) groups excluding carboxylic acids is 2. The third kappa shape index (κ3) is 4.97. The molecule has 5 nitrogen and oxygen atoms in total. The summed E-state index contributed by atoms with van der Waals surface area (Å²) in [7, 11) is 0.452. The van der Waals surface area contributed by atoms with Gasteiger partial charge in [0.25, 0.3) is 5.91 Å². The van der Waals surface area contributed by atoms with Crippen LogP contribution in [0.15, 0.2) is 30.3 Å². The van der Waals surface area contributed by atoms with Gasteiger partial charge in [-0.15, -0.1) is 0 Å². The number of hydrogen-bond donors (Lipinski definition) is 2. The number of nitrogens with one attached hydrogen (secondary N) is 2. The largest absolute Gasteiger partial charge is 0.357 e. The minimum atomic E-state index is -1.06. The van der Waals surface area contributed by atoms with Gasteiger partial charge < -0.3 is 10.6 Å². The summed E-state index contributed by atoms with van der Waals surface area (Å²) in [5.41, 5.74) is -0.135. The molecule has 0 spiro atoms. The second kappa shape index (κ2) is 7.36. The molecule has 0 unspecified atom stereocenters. The van der Waals surface area contributed by atoms with Gasteiger partial charge >= 0.3 is 0 Å². The summed E-state index contributed by atoms with van der Waals surface area (Å²) in [5.74, 6) is -0.297. The second-order valence-electron chi connectivity index (χ2n) is 5.59. The van der Waals surface area contributed by atoms with Crippen molar-refractivity contribution in [1.29, 1.82) is 0 Å². The average molecular weight is 310 g/mol. The van der Waals surface area contributed by atoms with E-state index in [-0.39, 0.29) is 11.8 Å². The van der Waals surface area contributed by atoms with E-state index >= 15 is 0 Å². The Kier molecular flexibility index (Phi) is 6.08. The molecule has 0 aliphatic heterocycles. The molecule has 0 radical (unpaired) electrons. The summed E-state index contributed by atoms with van der Waals surface area (Å²) in [6, 6.07) is 7.95. The summed E-state index contributed by atoms with van der Waals surface area (Å²) in [6.45, 7) is 3.64. The van der Waals surface area contributed by atoms with E-state index in [9.17, 15) is 13.8 Å². The van der Waals surface area contributed by atoms with Gasteiger partial charge in [0.1, 0.15) is 6.04 Å². The molecule has 116 valence electrons. The van der Waals surface area contributed by atoms with Crippen molar-refractivity contribution < 1.29 is 13.8 Å². The van der Waals surface area contributed by atoms with E-state index in [4.69, 9.17) is 0 Å². The molecule has 0 fully saturated rings. The third-order valence-electron chi connectivity index (χ3n) is 3.18. The number of hydrogen-bond acceptors (Lipinski definition) is 3. The standard InChI is InChI=1S/C15H22N2O3S/c1-15(2,10-21(4)20)12(14(19)16-3)17-13(18)11-8-6-5-7-9-11/h5-9,12H,10H2,1-4H3,(H,16,19)(H,17,18)/t12-,21-/m1/s1. The summed E-state index contributed by atoms with van der Waals surface area (Å²) in [6.07, 6.45) is 1.58.